The van der Waals surface area contributed by atoms with Crippen molar-refractivity contribution in [1.29, 1.82) is 5.26 Å². The Balaban J connectivity index is 0.842. The number of piperidine rings is 1. The van der Waals surface area contributed by atoms with Crippen LogP contribution in [0.4, 0.5) is 11.4 Å². The largest absolute Gasteiger partial charge is 0.495 e. The topological polar surface area (TPSA) is 193 Å². The first-order valence-electron chi connectivity index (χ1n) is 19.8. The molecule has 3 aliphatic heterocycles. The minimum absolute atomic E-state index is 0.0376. The van der Waals surface area contributed by atoms with E-state index in [1.807, 2.05) is 4.90 Å². The molecule has 318 valence electrons. The van der Waals surface area contributed by atoms with Crippen molar-refractivity contribution < 1.29 is 42.9 Å². The lowest BCUT2D eigenvalue weighted by Gasteiger charge is -2.34. The number of pyridine rings is 1. The second-order valence-corrected chi connectivity index (χ2v) is 15.4. The first-order chi connectivity index (χ1) is 29.5. The van der Waals surface area contributed by atoms with E-state index in [4.69, 9.17) is 42.1 Å². The molecule has 0 aliphatic carbocycles. The third-order valence-corrected chi connectivity index (χ3v) is 11.5. The Kier molecular flexibility index (Phi) is 13.4. The van der Waals surface area contributed by atoms with E-state index in [9.17, 15) is 29.2 Å². The van der Waals surface area contributed by atoms with Crippen molar-refractivity contribution in [3.63, 3.8) is 0 Å². The highest BCUT2D eigenvalue weighted by molar-refractivity contribution is 6.37. The van der Waals surface area contributed by atoms with Crippen LogP contribution in [0.5, 0.6) is 23.0 Å². The summed E-state index contributed by atoms with van der Waals surface area (Å²) in [6.07, 6.45) is 3.81. The Hall–Kier alpha value is -6.15. The predicted molar refractivity (Wildman–Crippen MR) is 225 cm³/mol. The lowest BCUT2D eigenvalue weighted by atomic mass is 10.0. The predicted octanol–water partition coefficient (Wildman–Crippen LogP) is 5.74. The van der Waals surface area contributed by atoms with Crippen LogP contribution < -0.4 is 29.6 Å². The molecule has 0 saturated carbocycles. The zero-order chi connectivity index (χ0) is 43.2. The number of anilines is 2. The van der Waals surface area contributed by atoms with Crippen molar-refractivity contribution in [2.24, 2.45) is 0 Å². The molecule has 2 saturated heterocycles. The second-order valence-electron chi connectivity index (χ2n) is 14.6. The number of carbonyl (C=O) groups excluding carboxylic acids is 5. The Labute approximate surface area is 361 Å². The van der Waals surface area contributed by atoms with Gasteiger partial charge in [0, 0.05) is 69.3 Å². The maximum atomic E-state index is 13.3. The maximum Gasteiger partial charge on any atom is 0.266 e. The van der Waals surface area contributed by atoms with Gasteiger partial charge in [-0.3, -0.25) is 44.1 Å². The summed E-state index contributed by atoms with van der Waals surface area (Å²) < 4.78 is 23.1. The number of aromatic nitrogens is 1. The molecule has 1 unspecified atom stereocenters. The number of nitriles is 1. The summed E-state index contributed by atoms with van der Waals surface area (Å²) in [5.41, 5.74) is 2.12. The standard InChI is InChI=1S/C43H43Cl2N7O9/c1-58-34-22-31(28(44)20-29(34)45)48-40-25(23-46)24-47-30-21-36(35(59-2)19-27(30)40)61-18-6-12-50-13-15-51(16-14-50)38(54)9-3-4-17-60-33-8-5-7-26-39(33)43(57)52(42(26)56)32-10-11-37(53)49-41(32)55/h5,7-8,19-22,24,32H,3-4,6,9-18H2,1-2H3,(H,47,48)(H,49,53,55). The normalized spacial score (nSPS) is 16.6. The van der Waals surface area contributed by atoms with Crippen LogP contribution in [0.2, 0.25) is 10.0 Å². The zero-order valence-electron chi connectivity index (χ0n) is 33.6. The van der Waals surface area contributed by atoms with Crippen LogP contribution in [-0.4, -0.2) is 115 Å². The second kappa shape index (κ2) is 19.1. The minimum Gasteiger partial charge on any atom is -0.495 e. The number of benzene rings is 3. The average Bonchev–Trinajstić information content (AvgIpc) is 3.51. The first kappa shape index (κ1) is 43.0. The number of unbranched alkanes of at least 4 members (excludes halogenated alkanes) is 1. The monoisotopic (exact) mass is 871 g/mol. The number of rotatable bonds is 16. The minimum atomic E-state index is -1.06. The summed E-state index contributed by atoms with van der Waals surface area (Å²) in [5.74, 6) is -0.614. The van der Waals surface area contributed by atoms with Crippen molar-refractivity contribution in [2.45, 2.75) is 44.6 Å². The number of piperazine rings is 1. The molecule has 5 amide bonds. The molecule has 7 rings (SSSR count). The molecule has 0 radical (unpaired) electrons. The maximum absolute atomic E-state index is 13.3. The average molecular weight is 873 g/mol. The van der Waals surface area contributed by atoms with Gasteiger partial charge in [-0.05, 0) is 49.9 Å². The smallest absolute Gasteiger partial charge is 0.266 e. The van der Waals surface area contributed by atoms with E-state index < -0.39 is 29.7 Å². The molecule has 18 heteroatoms. The van der Waals surface area contributed by atoms with Crippen molar-refractivity contribution >= 4 is 75.0 Å². The van der Waals surface area contributed by atoms with E-state index in [0.717, 1.165) is 31.0 Å². The number of nitrogens with one attached hydrogen (secondary N) is 2. The van der Waals surface area contributed by atoms with Gasteiger partial charge in [0.15, 0.2) is 11.5 Å². The quantitative estimate of drug-likeness (QED) is 0.102. The van der Waals surface area contributed by atoms with Crippen molar-refractivity contribution in [2.75, 3.05) is 65.5 Å². The molecule has 1 atom stereocenters. The SMILES string of the molecule is COc1cc(Nc2c(C#N)cnc3cc(OCCCN4CCN(C(=O)CCCCOc5cccc6c5C(=O)N(C5CCC(=O)NC5=O)C6=O)CC4)c(OC)cc23)c(Cl)cc1Cl. The van der Waals surface area contributed by atoms with Crippen molar-refractivity contribution in [3.8, 4) is 29.1 Å². The number of hydrogen-bond acceptors (Lipinski definition) is 13. The Morgan fingerprint density at radius 2 is 1.66 bits per heavy atom. The van der Waals surface area contributed by atoms with E-state index >= 15 is 0 Å². The number of amides is 5. The van der Waals surface area contributed by atoms with Gasteiger partial charge in [-0.25, -0.2) is 0 Å². The molecule has 1 aromatic heterocycles. The molecule has 4 aromatic rings. The third kappa shape index (κ3) is 9.29. The molecular weight excluding hydrogens is 829 g/mol. The van der Waals surface area contributed by atoms with Gasteiger partial charge < -0.3 is 29.2 Å². The summed E-state index contributed by atoms with van der Waals surface area (Å²) in [7, 11) is 3.05. The first-order valence-corrected chi connectivity index (χ1v) is 20.6. The molecule has 61 heavy (non-hydrogen) atoms. The molecule has 0 bridgehead atoms. The molecule has 2 N–H and O–H groups in total. The molecule has 3 aliphatic rings. The van der Waals surface area contributed by atoms with Gasteiger partial charge >= 0.3 is 0 Å². The van der Waals surface area contributed by atoms with Crippen LogP contribution in [-0.2, 0) is 14.4 Å². The Morgan fingerprint density at radius 3 is 2.39 bits per heavy atom. The summed E-state index contributed by atoms with van der Waals surface area (Å²) in [4.78, 5) is 73.0. The van der Waals surface area contributed by atoms with Crippen LogP contribution in [0.1, 0.15) is 64.8 Å². The zero-order valence-corrected chi connectivity index (χ0v) is 35.1. The molecule has 0 spiro atoms. The van der Waals surface area contributed by atoms with E-state index in [2.05, 4.69) is 26.6 Å². The van der Waals surface area contributed by atoms with Crippen LogP contribution >= 0.6 is 23.2 Å². The number of methoxy groups -OCH3 is 2. The highest BCUT2D eigenvalue weighted by Crippen LogP contribution is 2.41. The van der Waals surface area contributed by atoms with Crippen LogP contribution in [0.25, 0.3) is 10.9 Å². The number of fused-ring (bicyclic) bond motifs is 2. The van der Waals surface area contributed by atoms with Gasteiger partial charge in [0.2, 0.25) is 17.7 Å². The lowest BCUT2D eigenvalue weighted by molar-refractivity contribution is -0.136. The number of halogens is 2. The highest BCUT2D eigenvalue weighted by atomic mass is 35.5. The van der Waals surface area contributed by atoms with E-state index in [1.54, 1.807) is 43.5 Å². The molecule has 4 heterocycles. The Morgan fingerprint density at radius 1 is 0.902 bits per heavy atom. The van der Waals surface area contributed by atoms with E-state index in [0.29, 0.717) is 94.1 Å². The Bertz CT molecular complexity index is 2430. The molecule has 2 fully saturated rings. The molecule has 16 nitrogen and oxygen atoms in total. The van der Waals surface area contributed by atoms with Gasteiger partial charge in [0.1, 0.15) is 23.6 Å². The number of imide groups is 2. The van der Waals surface area contributed by atoms with Crippen molar-refractivity contribution in [1.82, 2.24) is 25.0 Å². The van der Waals surface area contributed by atoms with Crippen LogP contribution in [0.15, 0.2) is 48.7 Å². The van der Waals surface area contributed by atoms with Crippen LogP contribution in [0.3, 0.4) is 0 Å². The number of nitrogens with zero attached hydrogens (tertiary/aromatic N) is 5. The van der Waals surface area contributed by atoms with Crippen molar-refractivity contribution in [3.05, 3.63) is 75.4 Å². The third-order valence-electron chi connectivity index (χ3n) is 10.8. The van der Waals surface area contributed by atoms with E-state index in [-0.39, 0.29) is 42.2 Å². The van der Waals surface area contributed by atoms with Gasteiger partial charge in [-0.2, -0.15) is 5.26 Å². The van der Waals surface area contributed by atoms with Gasteiger partial charge in [0.25, 0.3) is 11.8 Å². The van der Waals surface area contributed by atoms with Crippen LogP contribution in [0, 0.1) is 11.3 Å². The summed E-state index contributed by atoms with van der Waals surface area (Å²) in [5, 5.41) is 16.7. The number of carbonyl (C=O) groups is 5. The fourth-order valence-electron chi connectivity index (χ4n) is 7.62. The highest BCUT2D eigenvalue weighted by Gasteiger charge is 2.46. The van der Waals surface area contributed by atoms with E-state index in [1.165, 1.54) is 19.4 Å². The summed E-state index contributed by atoms with van der Waals surface area (Å²) in [6.45, 7) is 4.13. The fraction of sp³-hybridized carbons (Fsp3) is 0.372. The van der Waals surface area contributed by atoms with Gasteiger partial charge in [0.05, 0.1) is 71.1 Å². The molecule has 3 aromatic carbocycles. The van der Waals surface area contributed by atoms with Gasteiger partial charge in [-0.15, -0.1) is 0 Å². The number of hydrogen-bond donors (Lipinski definition) is 2. The fourth-order valence-corrected chi connectivity index (χ4v) is 8.13. The molecular formula is C43H43Cl2N7O9. The van der Waals surface area contributed by atoms with Gasteiger partial charge in [-0.1, -0.05) is 29.3 Å². The number of ether oxygens (including phenoxy) is 4. The summed E-state index contributed by atoms with van der Waals surface area (Å²) in [6, 6.07) is 12.6. The summed E-state index contributed by atoms with van der Waals surface area (Å²) >= 11 is 12.7. The lowest BCUT2D eigenvalue weighted by Crippen LogP contribution is -2.54.